The van der Waals surface area contributed by atoms with Crippen LogP contribution in [-0.4, -0.2) is 11.8 Å². The molecule has 0 fully saturated rings. The lowest BCUT2D eigenvalue weighted by Gasteiger charge is -2.16. The van der Waals surface area contributed by atoms with Gasteiger partial charge in [0.1, 0.15) is 11.1 Å². The molecule has 0 aliphatic heterocycles. The first-order valence-electron chi connectivity index (χ1n) is 8.76. The first-order chi connectivity index (χ1) is 13.0. The van der Waals surface area contributed by atoms with Gasteiger partial charge in [-0.05, 0) is 48.9 Å². The molecule has 0 saturated carbocycles. The van der Waals surface area contributed by atoms with Crippen molar-refractivity contribution in [1.29, 1.82) is 0 Å². The lowest BCUT2D eigenvalue weighted by Crippen LogP contribution is -2.42. The normalized spacial score (nSPS) is 16.0. The second-order valence-electron chi connectivity index (χ2n) is 6.80. The Hall–Kier alpha value is -2.93. The Morgan fingerprint density at radius 2 is 1.93 bits per heavy atom. The molecular weight excluding hydrogens is 364 g/mol. The van der Waals surface area contributed by atoms with E-state index in [2.05, 4.69) is 17.8 Å². The first kappa shape index (κ1) is 17.5. The van der Waals surface area contributed by atoms with Crippen LogP contribution >= 0.6 is 11.3 Å². The number of thiophene rings is 1. The average molecular weight is 382 g/mol. The number of benzene rings is 1. The van der Waals surface area contributed by atoms with Crippen LogP contribution in [0.2, 0.25) is 0 Å². The van der Waals surface area contributed by atoms with Crippen LogP contribution in [0.5, 0.6) is 0 Å². The second kappa shape index (κ2) is 7.00. The van der Waals surface area contributed by atoms with Gasteiger partial charge >= 0.3 is 5.63 Å². The molecule has 1 aliphatic rings. The minimum absolute atomic E-state index is 0.159. The molecule has 27 heavy (non-hydrogen) atoms. The van der Waals surface area contributed by atoms with Crippen LogP contribution in [0.15, 0.2) is 45.6 Å². The van der Waals surface area contributed by atoms with Gasteiger partial charge in [-0.2, -0.15) is 0 Å². The van der Waals surface area contributed by atoms with Crippen molar-refractivity contribution in [1.82, 2.24) is 10.9 Å². The summed E-state index contributed by atoms with van der Waals surface area (Å²) in [7, 11) is 0. The first-order valence-corrected chi connectivity index (χ1v) is 9.58. The van der Waals surface area contributed by atoms with E-state index in [1.807, 2.05) is 6.07 Å². The Morgan fingerprint density at radius 1 is 1.15 bits per heavy atom. The summed E-state index contributed by atoms with van der Waals surface area (Å²) in [6.45, 7) is 2.20. The van der Waals surface area contributed by atoms with Gasteiger partial charge in [-0.15, -0.1) is 11.3 Å². The van der Waals surface area contributed by atoms with Gasteiger partial charge in [0.15, 0.2) is 0 Å². The van der Waals surface area contributed by atoms with Crippen molar-refractivity contribution in [3.8, 4) is 0 Å². The van der Waals surface area contributed by atoms with Crippen LogP contribution < -0.4 is 16.5 Å². The molecule has 4 rings (SSSR count). The predicted octanol–water partition coefficient (Wildman–Crippen LogP) is 3.05. The van der Waals surface area contributed by atoms with Gasteiger partial charge in [0.25, 0.3) is 11.8 Å². The summed E-state index contributed by atoms with van der Waals surface area (Å²) in [5.41, 5.74) is 5.39. The molecule has 0 spiro atoms. The number of aryl methyl sites for hydroxylation is 1. The van der Waals surface area contributed by atoms with Crippen LogP contribution in [0.25, 0.3) is 11.0 Å². The molecule has 2 N–H and O–H groups in total. The number of nitrogens with one attached hydrogen (secondary N) is 2. The highest BCUT2D eigenvalue weighted by molar-refractivity contribution is 7.14. The van der Waals surface area contributed by atoms with E-state index in [1.54, 1.807) is 24.3 Å². The number of hydrogen-bond donors (Lipinski definition) is 2. The SMILES string of the molecule is C[C@@H]1CCc2sc(C(=O)NNC(=O)c3cc4ccccc4oc3=O)cc2C1. The van der Waals surface area contributed by atoms with E-state index in [9.17, 15) is 14.4 Å². The topological polar surface area (TPSA) is 88.4 Å². The largest absolute Gasteiger partial charge is 0.422 e. The quantitative estimate of drug-likeness (QED) is 0.527. The molecule has 2 amide bonds. The average Bonchev–Trinajstić information content (AvgIpc) is 3.08. The van der Waals surface area contributed by atoms with E-state index in [4.69, 9.17) is 4.42 Å². The fourth-order valence-electron chi connectivity index (χ4n) is 3.28. The van der Waals surface area contributed by atoms with E-state index < -0.39 is 11.5 Å². The van der Waals surface area contributed by atoms with Crippen LogP contribution in [0.3, 0.4) is 0 Å². The molecule has 1 aromatic carbocycles. The summed E-state index contributed by atoms with van der Waals surface area (Å²) < 4.78 is 5.14. The highest BCUT2D eigenvalue weighted by atomic mass is 32.1. The van der Waals surface area contributed by atoms with Crippen LogP contribution in [0, 0.1) is 5.92 Å². The van der Waals surface area contributed by atoms with Crippen molar-refractivity contribution >= 4 is 34.1 Å². The monoisotopic (exact) mass is 382 g/mol. The summed E-state index contributed by atoms with van der Waals surface area (Å²) in [6.07, 6.45) is 3.09. The smallest absolute Gasteiger partial charge is 0.349 e. The zero-order valence-corrected chi connectivity index (χ0v) is 15.5. The van der Waals surface area contributed by atoms with Gasteiger partial charge in [-0.1, -0.05) is 25.1 Å². The van der Waals surface area contributed by atoms with Crippen molar-refractivity contribution in [2.45, 2.75) is 26.2 Å². The molecule has 6 nitrogen and oxygen atoms in total. The van der Waals surface area contributed by atoms with Gasteiger partial charge in [-0.25, -0.2) is 4.79 Å². The summed E-state index contributed by atoms with van der Waals surface area (Å²) in [4.78, 5) is 38.5. The Balaban J connectivity index is 1.47. The lowest BCUT2D eigenvalue weighted by atomic mass is 9.90. The number of carbonyl (C=O) groups is 2. The van der Waals surface area contributed by atoms with Crippen molar-refractivity contribution in [3.63, 3.8) is 0 Å². The molecule has 0 radical (unpaired) electrons. The third kappa shape index (κ3) is 3.50. The molecule has 0 saturated heterocycles. The van der Waals surface area contributed by atoms with E-state index in [0.717, 1.165) is 19.3 Å². The Morgan fingerprint density at radius 3 is 2.78 bits per heavy atom. The maximum Gasteiger partial charge on any atom is 0.349 e. The van der Waals surface area contributed by atoms with Crippen molar-refractivity contribution < 1.29 is 14.0 Å². The summed E-state index contributed by atoms with van der Waals surface area (Å²) in [5, 5.41) is 0.633. The van der Waals surface area contributed by atoms with Gasteiger partial charge in [0.05, 0.1) is 4.88 Å². The number of para-hydroxylation sites is 1. The van der Waals surface area contributed by atoms with E-state index >= 15 is 0 Å². The minimum atomic E-state index is -0.749. The molecular formula is C20H18N2O4S. The predicted molar refractivity (Wildman–Crippen MR) is 103 cm³/mol. The fraction of sp³-hybridized carbons (Fsp3) is 0.250. The van der Waals surface area contributed by atoms with Gasteiger partial charge < -0.3 is 4.42 Å². The highest BCUT2D eigenvalue weighted by Crippen LogP contribution is 2.32. The van der Waals surface area contributed by atoms with Crippen molar-refractivity contribution in [2.24, 2.45) is 5.92 Å². The Bertz CT molecular complexity index is 1100. The van der Waals surface area contributed by atoms with Crippen LogP contribution in [0.1, 0.15) is 43.8 Å². The van der Waals surface area contributed by atoms with Gasteiger partial charge in [0, 0.05) is 10.3 Å². The molecule has 3 aromatic rings. The maximum absolute atomic E-state index is 12.4. The van der Waals surface area contributed by atoms with Gasteiger partial charge in [-0.3, -0.25) is 20.4 Å². The molecule has 7 heteroatoms. The van der Waals surface area contributed by atoms with Crippen LogP contribution in [-0.2, 0) is 12.8 Å². The number of fused-ring (bicyclic) bond motifs is 2. The van der Waals surface area contributed by atoms with Crippen molar-refractivity contribution in [3.05, 3.63) is 67.7 Å². The molecule has 138 valence electrons. The number of rotatable bonds is 2. The van der Waals surface area contributed by atoms with Crippen molar-refractivity contribution in [2.75, 3.05) is 0 Å². The molecule has 2 aromatic heterocycles. The summed E-state index contributed by atoms with van der Waals surface area (Å²) in [6, 6.07) is 10.3. The minimum Gasteiger partial charge on any atom is -0.422 e. The van der Waals surface area contributed by atoms with E-state index in [1.165, 1.54) is 27.8 Å². The molecule has 2 heterocycles. The number of amides is 2. The fourth-order valence-corrected chi connectivity index (χ4v) is 4.38. The third-order valence-corrected chi connectivity index (χ3v) is 5.96. The molecule has 1 aliphatic carbocycles. The Kier molecular flexibility index (Phi) is 4.53. The van der Waals surface area contributed by atoms with E-state index in [0.29, 0.717) is 21.8 Å². The lowest BCUT2D eigenvalue weighted by molar-refractivity contribution is 0.0846. The second-order valence-corrected chi connectivity index (χ2v) is 7.94. The molecule has 0 bridgehead atoms. The summed E-state index contributed by atoms with van der Waals surface area (Å²) >= 11 is 1.45. The van der Waals surface area contributed by atoms with E-state index in [-0.39, 0.29) is 11.5 Å². The summed E-state index contributed by atoms with van der Waals surface area (Å²) in [5.74, 6) is -0.479. The maximum atomic E-state index is 12.4. The number of hydrogen-bond acceptors (Lipinski definition) is 5. The van der Waals surface area contributed by atoms with Gasteiger partial charge in [0.2, 0.25) is 0 Å². The standard InChI is InChI=1S/C20H18N2O4S/c1-11-6-7-16-13(8-11)10-17(27-16)19(24)22-21-18(23)14-9-12-4-2-3-5-15(12)26-20(14)25/h2-5,9-11H,6-8H2,1H3,(H,21,23)(H,22,24)/t11-/m1/s1. The number of hydrazine groups is 1. The third-order valence-electron chi connectivity index (χ3n) is 4.73. The molecule has 0 unspecified atom stereocenters. The zero-order chi connectivity index (χ0) is 19.0. The highest BCUT2D eigenvalue weighted by Gasteiger charge is 2.21. The molecule has 1 atom stereocenters. The van der Waals surface area contributed by atoms with Crippen LogP contribution in [0.4, 0.5) is 0 Å². The Labute approximate surface area is 159 Å². The zero-order valence-electron chi connectivity index (χ0n) is 14.7. The number of carbonyl (C=O) groups excluding carboxylic acids is 2.